The van der Waals surface area contributed by atoms with E-state index in [1.165, 1.54) is 6.07 Å². The Balaban J connectivity index is 1.85. The Morgan fingerprint density at radius 2 is 2.08 bits per heavy atom. The molecule has 10 heteroatoms. The monoisotopic (exact) mass is 351 g/mol. The number of halogens is 3. The van der Waals surface area contributed by atoms with Crippen LogP contribution < -0.4 is 5.32 Å². The first-order chi connectivity index (χ1) is 11.8. The van der Waals surface area contributed by atoms with E-state index in [-0.39, 0.29) is 34.9 Å². The molecule has 3 aromatic rings. The second-order valence-corrected chi connectivity index (χ2v) is 5.84. The molecule has 1 saturated carbocycles. The maximum absolute atomic E-state index is 12.9. The third kappa shape index (κ3) is 2.94. The van der Waals surface area contributed by atoms with Crippen molar-refractivity contribution in [2.45, 2.75) is 25.9 Å². The van der Waals surface area contributed by atoms with Gasteiger partial charge in [0.2, 0.25) is 11.7 Å². The van der Waals surface area contributed by atoms with Crippen LogP contribution in [0.5, 0.6) is 0 Å². The first-order valence-corrected chi connectivity index (χ1v) is 7.54. The van der Waals surface area contributed by atoms with Crippen LogP contribution in [0.25, 0.3) is 17.2 Å². The van der Waals surface area contributed by atoms with Gasteiger partial charge in [0.15, 0.2) is 11.4 Å². The number of carbonyl (C=O) groups excluding carboxylic acids is 1. The van der Waals surface area contributed by atoms with E-state index in [0.717, 1.165) is 17.4 Å². The van der Waals surface area contributed by atoms with E-state index in [1.54, 1.807) is 19.1 Å². The number of hydrogen-bond acceptors (Lipinski definition) is 5. The van der Waals surface area contributed by atoms with E-state index >= 15 is 0 Å². The lowest BCUT2D eigenvalue weighted by Crippen LogP contribution is -2.15. The number of alkyl halides is 3. The number of nitrogens with one attached hydrogen (secondary N) is 1. The quantitative estimate of drug-likeness (QED) is 0.784. The number of furan rings is 1. The number of hydrogen-bond donors (Lipinski definition) is 1. The standard InChI is InChI=1S/C15H12F3N5O2/c1-7-2-5-9(25-7)12-19-10(20-13(24)8-3-4-8)6-11-21-14(15(16,17)18)22-23(11)12/h2,5-6,8H,3-4H2,1H3,(H,20,24). The minimum Gasteiger partial charge on any atom is -0.458 e. The maximum atomic E-state index is 12.9. The van der Waals surface area contributed by atoms with Gasteiger partial charge in [0, 0.05) is 12.0 Å². The van der Waals surface area contributed by atoms with E-state index in [1.807, 2.05) is 0 Å². The van der Waals surface area contributed by atoms with Gasteiger partial charge >= 0.3 is 6.18 Å². The molecule has 0 radical (unpaired) electrons. The summed E-state index contributed by atoms with van der Waals surface area (Å²) < 4.78 is 45.2. The van der Waals surface area contributed by atoms with Crippen LogP contribution in [0, 0.1) is 12.8 Å². The lowest BCUT2D eigenvalue weighted by Gasteiger charge is -2.06. The number of rotatable bonds is 3. The van der Waals surface area contributed by atoms with Gasteiger partial charge in [0.05, 0.1) is 0 Å². The summed E-state index contributed by atoms with van der Waals surface area (Å²) in [5.41, 5.74) is -0.0857. The molecule has 3 aromatic heterocycles. The molecule has 7 nitrogen and oxygen atoms in total. The highest BCUT2D eigenvalue weighted by atomic mass is 19.4. The van der Waals surface area contributed by atoms with Crippen LogP contribution in [-0.2, 0) is 11.0 Å². The molecule has 0 bridgehead atoms. The van der Waals surface area contributed by atoms with Crippen molar-refractivity contribution in [3.05, 3.63) is 29.8 Å². The Labute approximate surface area is 138 Å². The Kier molecular flexibility index (Phi) is 3.31. The van der Waals surface area contributed by atoms with Crippen molar-refractivity contribution >= 4 is 17.4 Å². The van der Waals surface area contributed by atoms with E-state index in [9.17, 15) is 18.0 Å². The van der Waals surface area contributed by atoms with Crippen LogP contribution in [0.3, 0.4) is 0 Å². The van der Waals surface area contributed by atoms with Crippen molar-refractivity contribution in [3.63, 3.8) is 0 Å². The summed E-state index contributed by atoms with van der Waals surface area (Å²) in [4.78, 5) is 19.6. The minimum atomic E-state index is -4.69. The maximum Gasteiger partial charge on any atom is 0.453 e. The second-order valence-electron chi connectivity index (χ2n) is 5.84. The Bertz CT molecular complexity index is 971. The predicted octanol–water partition coefficient (Wildman–Crippen LogP) is 3.06. The summed E-state index contributed by atoms with van der Waals surface area (Å²) in [5, 5.41) is 6.09. The van der Waals surface area contributed by atoms with E-state index in [2.05, 4.69) is 20.4 Å². The lowest BCUT2D eigenvalue weighted by molar-refractivity contribution is -0.144. The normalized spacial score (nSPS) is 14.9. The van der Waals surface area contributed by atoms with Gasteiger partial charge in [-0.1, -0.05) is 0 Å². The van der Waals surface area contributed by atoms with Crippen molar-refractivity contribution in [1.82, 2.24) is 19.6 Å². The van der Waals surface area contributed by atoms with Crippen molar-refractivity contribution < 1.29 is 22.4 Å². The summed E-state index contributed by atoms with van der Waals surface area (Å²) in [6.45, 7) is 1.70. The average Bonchev–Trinajstić information content (AvgIpc) is 3.15. The fourth-order valence-electron chi connectivity index (χ4n) is 2.36. The largest absolute Gasteiger partial charge is 0.458 e. The van der Waals surface area contributed by atoms with Crippen molar-refractivity contribution in [3.8, 4) is 11.6 Å². The van der Waals surface area contributed by atoms with Crippen LogP contribution in [0.2, 0.25) is 0 Å². The molecule has 0 atom stereocenters. The van der Waals surface area contributed by atoms with Gasteiger partial charge < -0.3 is 9.73 Å². The van der Waals surface area contributed by atoms with Crippen LogP contribution in [0.1, 0.15) is 24.4 Å². The van der Waals surface area contributed by atoms with E-state index in [0.29, 0.717) is 5.76 Å². The molecule has 1 amide bonds. The fraction of sp³-hybridized carbons (Fsp3) is 0.333. The van der Waals surface area contributed by atoms with Gasteiger partial charge in [-0.3, -0.25) is 4.79 Å². The molecule has 0 aliphatic heterocycles. The molecule has 1 aliphatic carbocycles. The van der Waals surface area contributed by atoms with Gasteiger partial charge in [-0.05, 0) is 31.9 Å². The first kappa shape index (κ1) is 15.6. The third-order valence-electron chi connectivity index (χ3n) is 3.74. The van der Waals surface area contributed by atoms with Crippen molar-refractivity contribution in [2.24, 2.45) is 5.92 Å². The molecule has 0 aromatic carbocycles. The Morgan fingerprint density at radius 1 is 1.32 bits per heavy atom. The number of fused-ring (bicyclic) bond motifs is 1. The Morgan fingerprint density at radius 3 is 2.68 bits per heavy atom. The average molecular weight is 351 g/mol. The smallest absolute Gasteiger partial charge is 0.453 e. The molecular weight excluding hydrogens is 339 g/mol. The highest BCUT2D eigenvalue weighted by Gasteiger charge is 2.37. The lowest BCUT2D eigenvalue weighted by atomic mass is 10.3. The molecule has 1 fully saturated rings. The highest BCUT2D eigenvalue weighted by Crippen LogP contribution is 2.31. The zero-order valence-corrected chi connectivity index (χ0v) is 13.0. The minimum absolute atomic E-state index is 0.0275. The zero-order valence-electron chi connectivity index (χ0n) is 13.0. The summed E-state index contributed by atoms with van der Waals surface area (Å²) >= 11 is 0. The second kappa shape index (κ2) is 5.30. The summed E-state index contributed by atoms with van der Waals surface area (Å²) in [6.07, 6.45) is -3.11. The van der Waals surface area contributed by atoms with Gasteiger partial charge in [0.1, 0.15) is 11.6 Å². The molecule has 25 heavy (non-hydrogen) atoms. The predicted molar refractivity (Wildman–Crippen MR) is 79.6 cm³/mol. The molecule has 0 saturated heterocycles. The summed E-state index contributed by atoms with van der Waals surface area (Å²) in [6, 6.07) is 4.47. The van der Waals surface area contributed by atoms with Gasteiger partial charge in [-0.2, -0.15) is 17.7 Å². The number of aryl methyl sites for hydroxylation is 1. The summed E-state index contributed by atoms with van der Waals surface area (Å²) in [7, 11) is 0. The molecule has 1 aliphatic rings. The van der Waals surface area contributed by atoms with Crippen LogP contribution in [-0.4, -0.2) is 25.5 Å². The van der Waals surface area contributed by atoms with Crippen LogP contribution >= 0.6 is 0 Å². The topological polar surface area (TPSA) is 85.3 Å². The van der Waals surface area contributed by atoms with Crippen LogP contribution in [0.15, 0.2) is 22.6 Å². The van der Waals surface area contributed by atoms with Crippen molar-refractivity contribution in [1.29, 1.82) is 0 Å². The number of aromatic nitrogens is 4. The molecule has 0 spiro atoms. The summed E-state index contributed by atoms with van der Waals surface area (Å²) in [5.74, 6) is -0.652. The van der Waals surface area contributed by atoms with Gasteiger partial charge in [-0.25, -0.2) is 9.97 Å². The third-order valence-corrected chi connectivity index (χ3v) is 3.74. The Hall–Kier alpha value is -2.91. The number of carbonyl (C=O) groups is 1. The molecular formula is C15H12F3N5O2. The number of amides is 1. The fourth-order valence-corrected chi connectivity index (χ4v) is 2.36. The van der Waals surface area contributed by atoms with Gasteiger partial charge in [0.25, 0.3) is 5.82 Å². The highest BCUT2D eigenvalue weighted by molar-refractivity contribution is 5.93. The number of nitrogens with zero attached hydrogens (tertiary/aromatic N) is 4. The first-order valence-electron chi connectivity index (χ1n) is 7.54. The van der Waals surface area contributed by atoms with Crippen molar-refractivity contribution in [2.75, 3.05) is 5.32 Å². The molecule has 1 N–H and O–H groups in total. The zero-order chi connectivity index (χ0) is 17.8. The van der Waals surface area contributed by atoms with E-state index < -0.39 is 12.0 Å². The molecule has 3 heterocycles. The van der Waals surface area contributed by atoms with E-state index in [4.69, 9.17) is 4.42 Å². The number of anilines is 1. The molecule has 0 unspecified atom stereocenters. The molecule has 130 valence electrons. The van der Waals surface area contributed by atoms with Gasteiger partial charge in [-0.15, -0.1) is 5.10 Å². The molecule has 4 rings (SSSR count). The SMILES string of the molecule is Cc1ccc(-c2nc(NC(=O)C3CC3)cc3nc(C(F)(F)F)nn23)o1. The van der Waals surface area contributed by atoms with Crippen LogP contribution in [0.4, 0.5) is 19.0 Å².